The Balaban J connectivity index is 1.82. The molecule has 4 heteroatoms. The summed E-state index contributed by atoms with van der Waals surface area (Å²) in [4.78, 5) is 7.46. The molecule has 0 saturated carbocycles. The molecule has 4 aromatic rings. The number of nitrogens with zero attached hydrogens (tertiary/aromatic N) is 1. The first-order chi connectivity index (χ1) is 12.1. The fourth-order valence-corrected chi connectivity index (χ4v) is 3.14. The summed E-state index contributed by atoms with van der Waals surface area (Å²) < 4.78 is 13.2. The van der Waals surface area contributed by atoms with Crippen molar-refractivity contribution >= 4 is 10.9 Å². The molecule has 1 unspecified atom stereocenters. The molecule has 0 saturated heterocycles. The molecule has 0 aliphatic carbocycles. The number of aryl methyl sites for hydroxylation is 1. The normalized spacial score (nSPS) is 12.4. The number of hydrogen-bond donors (Lipinski definition) is 2. The summed E-state index contributed by atoms with van der Waals surface area (Å²) in [5, 5.41) is 11.9. The van der Waals surface area contributed by atoms with Gasteiger partial charge in [-0.3, -0.25) is 4.98 Å². The van der Waals surface area contributed by atoms with Crippen molar-refractivity contribution in [1.29, 1.82) is 0 Å². The number of H-pyrrole nitrogens is 1. The molecule has 0 fully saturated rings. The molecule has 2 heterocycles. The minimum Gasteiger partial charge on any atom is -0.384 e. The molecule has 0 amide bonds. The van der Waals surface area contributed by atoms with Crippen molar-refractivity contribution in [2.24, 2.45) is 0 Å². The predicted octanol–water partition coefficient (Wildman–Crippen LogP) is 4.76. The Hall–Kier alpha value is -2.98. The van der Waals surface area contributed by atoms with Gasteiger partial charge in [-0.25, -0.2) is 4.39 Å². The molecule has 2 aromatic heterocycles. The second kappa shape index (κ2) is 6.15. The summed E-state index contributed by atoms with van der Waals surface area (Å²) >= 11 is 0. The molecule has 124 valence electrons. The van der Waals surface area contributed by atoms with Gasteiger partial charge in [0.15, 0.2) is 0 Å². The number of nitrogens with one attached hydrogen (secondary N) is 1. The van der Waals surface area contributed by atoms with E-state index in [1.807, 2.05) is 18.3 Å². The van der Waals surface area contributed by atoms with Gasteiger partial charge in [-0.05, 0) is 59.5 Å². The Morgan fingerprint density at radius 1 is 1.08 bits per heavy atom. The van der Waals surface area contributed by atoms with E-state index >= 15 is 0 Å². The van der Waals surface area contributed by atoms with Crippen LogP contribution in [0.5, 0.6) is 0 Å². The van der Waals surface area contributed by atoms with E-state index < -0.39 is 6.10 Å². The maximum atomic E-state index is 13.2. The first-order valence-electron chi connectivity index (χ1n) is 8.09. The number of hydrogen-bond acceptors (Lipinski definition) is 2. The van der Waals surface area contributed by atoms with Crippen LogP contribution in [0, 0.1) is 12.7 Å². The summed E-state index contributed by atoms with van der Waals surface area (Å²) in [6.07, 6.45) is 4.55. The van der Waals surface area contributed by atoms with Crippen LogP contribution in [0.3, 0.4) is 0 Å². The van der Waals surface area contributed by atoms with Crippen LogP contribution in [-0.4, -0.2) is 15.1 Å². The largest absolute Gasteiger partial charge is 0.384 e. The Labute approximate surface area is 144 Å². The van der Waals surface area contributed by atoms with Crippen molar-refractivity contribution < 1.29 is 9.50 Å². The molecule has 25 heavy (non-hydrogen) atoms. The summed E-state index contributed by atoms with van der Waals surface area (Å²) in [5.41, 5.74) is 5.48. The number of benzene rings is 2. The summed E-state index contributed by atoms with van der Waals surface area (Å²) in [7, 11) is 0. The van der Waals surface area contributed by atoms with Crippen LogP contribution >= 0.6 is 0 Å². The van der Waals surface area contributed by atoms with Gasteiger partial charge < -0.3 is 10.1 Å². The quantitative estimate of drug-likeness (QED) is 0.568. The van der Waals surface area contributed by atoms with Crippen molar-refractivity contribution in [3.8, 4) is 11.1 Å². The zero-order chi connectivity index (χ0) is 17.4. The number of aromatic nitrogens is 2. The standard InChI is InChI=1S/C21H17FN2O/c1-13-11-24-20-7-4-15(10-18(13)20)19-12-23-9-8-17(19)21(25)14-2-5-16(22)6-3-14/h2-12,21,24-25H,1H3. The fraction of sp³-hybridized carbons (Fsp3) is 0.0952. The number of aromatic amines is 1. The van der Waals surface area contributed by atoms with Crippen molar-refractivity contribution in [1.82, 2.24) is 9.97 Å². The summed E-state index contributed by atoms with van der Waals surface area (Å²) in [6.45, 7) is 2.06. The highest BCUT2D eigenvalue weighted by Gasteiger charge is 2.16. The van der Waals surface area contributed by atoms with Gasteiger partial charge in [0.05, 0.1) is 0 Å². The third-order valence-electron chi connectivity index (χ3n) is 4.53. The smallest absolute Gasteiger partial charge is 0.123 e. The van der Waals surface area contributed by atoms with Crippen molar-refractivity contribution in [2.75, 3.05) is 0 Å². The second-order valence-corrected chi connectivity index (χ2v) is 6.15. The zero-order valence-electron chi connectivity index (χ0n) is 13.7. The molecular weight excluding hydrogens is 315 g/mol. The number of aliphatic hydroxyl groups excluding tert-OH is 1. The van der Waals surface area contributed by atoms with Gasteiger partial charge in [-0.2, -0.15) is 0 Å². The Kier molecular flexibility index (Phi) is 3.82. The minimum atomic E-state index is -0.846. The Morgan fingerprint density at radius 2 is 1.88 bits per heavy atom. The van der Waals surface area contributed by atoms with Crippen LogP contribution in [0.1, 0.15) is 22.8 Å². The van der Waals surface area contributed by atoms with Crippen molar-refractivity contribution in [3.05, 3.63) is 89.6 Å². The topological polar surface area (TPSA) is 48.9 Å². The Morgan fingerprint density at radius 3 is 2.68 bits per heavy atom. The first kappa shape index (κ1) is 15.5. The summed E-state index contributed by atoms with van der Waals surface area (Å²) in [5.74, 6) is -0.320. The van der Waals surface area contributed by atoms with Gasteiger partial charge in [-0.1, -0.05) is 18.2 Å². The van der Waals surface area contributed by atoms with Crippen LogP contribution in [0.15, 0.2) is 67.1 Å². The zero-order valence-corrected chi connectivity index (χ0v) is 13.7. The SMILES string of the molecule is Cc1c[nH]c2ccc(-c3cnccc3C(O)c3ccc(F)cc3)cc12. The van der Waals surface area contributed by atoms with Gasteiger partial charge in [0.25, 0.3) is 0 Å². The fourth-order valence-electron chi connectivity index (χ4n) is 3.14. The first-order valence-corrected chi connectivity index (χ1v) is 8.09. The lowest BCUT2D eigenvalue weighted by Crippen LogP contribution is -2.02. The molecule has 0 aliphatic rings. The molecule has 3 nitrogen and oxygen atoms in total. The second-order valence-electron chi connectivity index (χ2n) is 6.15. The number of pyridine rings is 1. The predicted molar refractivity (Wildman–Crippen MR) is 96.7 cm³/mol. The molecule has 2 aromatic carbocycles. The molecule has 0 aliphatic heterocycles. The van der Waals surface area contributed by atoms with Gasteiger partial charge in [-0.15, -0.1) is 0 Å². The maximum absolute atomic E-state index is 13.2. The third kappa shape index (κ3) is 2.81. The highest BCUT2D eigenvalue weighted by molar-refractivity contribution is 5.88. The molecule has 4 rings (SSSR count). The van der Waals surface area contributed by atoms with E-state index in [9.17, 15) is 9.50 Å². The average molecular weight is 332 g/mol. The van der Waals surface area contributed by atoms with Crippen LogP contribution in [0.4, 0.5) is 4.39 Å². The van der Waals surface area contributed by atoms with E-state index in [2.05, 4.69) is 23.0 Å². The number of fused-ring (bicyclic) bond motifs is 1. The van der Waals surface area contributed by atoms with Crippen molar-refractivity contribution in [2.45, 2.75) is 13.0 Å². The van der Waals surface area contributed by atoms with Crippen LogP contribution in [0.2, 0.25) is 0 Å². The number of rotatable bonds is 3. The third-order valence-corrected chi connectivity index (χ3v) is 4.53. The number of aliphatic hydroxyl groups is 1. The highest BCUT2D eigenvalue weighted by Crippen LogP contribution is 2.33. The molecule has 0 bridgehead atoms. The van der Waals surface area contributed by atoms with E-state index in [4.69, 9.17) is 0 Å². The monoisotopic (exact) mass is 332 g/mol. The van der Waals surface area contributed by atoms with Crippen LogP contribution in [0.25, 0.3) is 22.0 Å². The van der Waals surface area contributed by atoms with Gasteiger partial charge in [0.1, 0.15) is 11.9 Å². The maximum Gasteiger partial charge on any atom is 0.123 e. The van der Waals surface area contributed by atoms with Gasteiger partial charge in [0, 0.05) is 35.1 Å². The lowest BCUT2D eigenvalue weighted by atomic mass is 9.93. The minimum absolute atomic E-state index is 0.320. The lowest BCUT2D eigenvalue weighted by molar-refractivity contribution is 0.220. The van der Waals surface area contributed by atoms with Gasteiger partial charge >= 0.3 is 0 Å². The summed E-state index contributed by atoms with van der Waals surface area (Å²) in [6, 6.07) is 13.8. The molecule has 2 N–H and O–H groups in total. The van der Waals surface area contributed by atoms with E-state index in [-0.39, 0.29) is 5.82 Å². The molecule has 0 spiro atoms. The Bertz CT molecular complexity index is 1040. The van der Waals surface area contributed by atoms with E-state index in [1.165, 1.54) is 17.7 Å². The molecule has 0 radical (unpaired) electrons. The average Bonchev–Trinajstić information content (AvgIpc) is 3.02. The van der Waals surface area contributed by atoms with E-state index in [0.717, 1.165) is 27.6 Å². The van der Waals surface area contributed by atoms with E-state index in [0.29, 0.717) is 5.56 Å². The lowest BCUT2D eigenvalue weighted by Gasteiger charge is -2.16. The highest BCUT2D eigenvalue weighted by atomic mass is 19.1. The van der Waals surface area contributed by atoms with E-state index in [1.54, 1.807) is 30.6 Å². The number of halogens is 1. The van der Waals surface area contributed by atoms with Crippen molar-refractivity contribution in [3.63, 3.8) is 0 Å². The van der Waals surface area contributed by atoms with Crippen LogP contribution < -0.4 is 0 Å². The van der Waals surface area contributed by atoms with Crippen LogP contribution in [-0.2, 0) is 0 Å². The van der Waals surface area contributed by atoms with Gasteiger partial charge in [0.2, 0.25) is 0 Å². The molecular formula is C21H17FN2O. The molecule has 1 atom stereocenters.